The van der Waals surface area contributed by atoms with Gasteiger partial charge in [-0.2, -0.15) is 0 Å². The predicted molar refractivity (Wildman–Crippen MR) is 115 cm³/mol. The van der Waals surface area contributed by atoms with Crippen LogP contribution < -0.4 is 0 Å². The third-order valence-electron chi connectivity index (χ3n) is 4.98. The molecule has 2 aliphatic carbocycles. The summed E-state index contributed by atoms with van der Waals surface area (Å²) in [7, 11) is 1.76. The molecule has 1 N–H and O–H groups in total. The fraction of sp³-hybridized carbons (Fsp3) is 0.286. The second-order valence-corrected chi connectivity index (χ2v) is 7.61. The molecule has 0 saturated carbocycles. The Kier molecular flexibility index (Phi) is 6.01. The average Bonchev–Trinajstić information content (AvgIpc) is 2.92. The monoisotopic (exact) mass is 440 g/mol. The Bertz CT molecular complexity index is 986. The number of hydrogen-bond acceptors (Lipinski definition) is 4. The van der Waals surface area contributed by atoms with Crippen LogP contribution in [0.2, 0.25) is 0 Å². The molecular formula is C21H21BrN4O2. The van der Waals surface area contributed by atoms with Crippen molar-refractivity contribution < 1.29 is 9.84 Å². The van der Waals surface area contributed by atoms with Gasteiger partial charge in [-0.15, -0.1) is 0 Å². The molecule has 0 aliphatic heterocycles. The Labute approximate surface area is 172 Å². The lowest BCUT2D eigenvalue weighted by molar-refractivity contribution is -0.0449. The van der Waals surface area contributed by atoms with Crippen LogP contribution in [0.1, 0.15) is 18.1 Å². The molecule has 6 nitrogen and oxygen atoms in total. The van der Waals surface area contributed by atoms with Crippen molar-refractivity contribution in [2.24, 2.45) is 10.1 Å². The Morgan fingerprint density at radius 1 is 1.36 bits per heavy atom. The number of benzene rings is 1. The summed E-state index contributed by atoms with van der Waals surface area (Å²) < 4.78 is 7.10. The highest BCUT2D eigenvalue weighted by molar-refractivity contribution is 9.11. The van der Waals surface area contributed by atoms with Crippen molar-refractivity contribution in [2.45, 2.75) is 18.6 Å². The van der Waals surface area contributed by atoms with Gasteiger partial charge in [-0.25, -0.2) is 0 Å². The largest absolute Gasteiger partial charge is 0.391 e. The Balaban J connectivity index is 2.07. The maximum atomic E-state index is 10.0. The zero-order valence-corrected chi connectivity index (χ0v) is 17.3. The zero-order chi connectivity index (χ0) is 20.3. The van der Waals surface area contributed by atoms with Gasteiger partial charge in [0, 0.05) is 22.0 Å². The minimum Gasteiger partial charge on any atom is -0.391 e. The number of hydrogen-bond donors (Lipinski definition) is 1. The number of rotatable bonds is 5. The van der Waals surface area contributed by atoms with Crippen molar-refractivity contribution in [2.75, 3.05) is 20.2 Å². The van der Waals surface area contributed by atoms with E-state index in [9.17, 15) is 5.11 Å². The van der Waals surface area contributed by atoms with E-state index in [1.54, 1.807) is 7.05 Å². The number of halogens is 1. The highest BCUT2D eigenvalue weighted by Crippen LogP contribution is 2.51. The van der Waals surface area contributed by atoms with Gasteiger partial charge in [0.05, 0.1) is 25.0 Å². The van der Waals surface area contributed by atoms with Crippen molar-refractivity contribution >= 4 is 27.2 Å². The van der Waals surface area contributed by atoms with Crippen molar-refractivity contribution in [3.8, 4) is 0 Å². The van der Waals surface area contributed by atoms with Crippen LogP contribution in [0.4, 0.5) is 0 Å². The summed E-state index contributed by atoms with van der Waals surface area (Å²) in [5.74, 6) is 0. The van der Waals surface area contributed by atoms with Crippen LogP contribution in [-0.4, -0.2) is 37.1 Å². The number of fused-ring (bicyclic) bond motifs is 1. The van der Waals surface area contributed by atoms with Crippen LogP contribution in [-0.2, 0) is 10.3 Å². The number of azide groups is 1. The molecule has 1 aromatic rings. The molecule has 1 aromatic carbocycles. The van der Waals surface area contributed by atoms with E-state index in [1.807, 2.05) is 49.4 Å². The van der Waals surface area contributed by atoms with Crippen LogP contribution >= 0.6 is 15.9 Å². The molecule has 7 heteroatoms. The third kappa shape index (κ3) is 3.62. The number of nitrogens with zero attached hydrogens (tertiary/aromatic N) is 4. The molecule has 0 spiro atoms. The second kappa shape index (κ2) is 8.29. The van der Waals surface area contributed by atoms with Gasteiger partial charge in [0.15, 0.2) is 0 Å². The SMILES string of the molecule is C=C1/C(=C2/C=C(Br)C=C/C2=N/C)c2ccccc2C1(C)OCC(O)CN=[N+]=[N-]. The van der Waals surface area contributed by atoms with Gasteiger partial charge in [0.1, 0.15) is 5.60 Å². The summed E-state index contributed by atoms with van der Waals surface area (Å²) in [6.45, 7) is 6.28. The fourth-order valence-corrected chi connectivity index (χ4v) is 3.86. The van der Waals surface area contributed by atoms with Crippen molar-refractivity contribution in [3.63, 3.8) is 0 Å². The van der Waals surface area contributed by atoms with Gasteiger partial charge in [-0.05, 0) is 53.0 Å². The maximum Gasteiger partial charge on any atom is 0.116 e. The number of ether oxygens (including phenoxy) is 1. The van der Waals surface area contributed by atoms with Crippen LogP contribution in [0.15, 0.2) is 74.8 Å². The highest BCUT2D eigenvalue weighted by atomic mass is 79.9. The van der Waals surface area contributed by atoms with Crippen molar-refractivity contribution in [3.05, 3.63) is 86.3 Å². The smallest absolute Gasteiger partial charge is 0.116 e. The van der Waals surface area contributed by atoms with Gasteiger partial charge in [0.25, 0.3) is 0 Å². The van der Waals surface area contributed by atoms with Crippen LogP contribution in [0.5, 0.6) is 0 Å². The number of aliphatic hydroxyl groups excluding tert-OH is 1. The normalized spacial score (nSPS) is 26.1. The van der Waals surface area contributed by atoms with Crippen LogP contribution in [0.3, 0.4) is 0 Å². The fourth-order valence-electron chi connectivity index (χ4n) is 3.50. The van der Waals surface area contributed by atoms with Crippen LogP contribution in [0.25, 0.3) is 16.0 Å². The first-order valence-corrected chi connectivity index (χ1v) is 9.61. The molecule has 0 amide bonds. The first kappa shape index (κ1) is 20.3. The van der Waals surface area contributed by atoms with Crippen molar-refractivity contribution in [1.82, 2.24) is 0 Å². The minimum atomic E-state index is -0.885. The van der Waals surface area contributed by atoms with E-state index in [0.717, 1.165) is 38.0 Å². The topological polar surface area (TPSA) is 90.6 Å². The summed E-state index contributed by atoms with van der Waals surface area (Å²) in [6, 6.07) is 7.99. The average molecular weight is 441 g/mol. The third-order valence-corrected chi connectivity index (χ3v) is 5.47. The Morgan fingerprint density at radius 3 is 2.82 bits per heavy atom. The quantitative estimate of drug-likeness (QED) is 0.403. The van der Waals surface area contributed by atoms with Gasteiger partial charge < -0.3 is 9.84 Å². The van der Waals surface area contributed by atoms with E-state index >= 15 is 0 Å². The van der Waals surface area contributed by atoms with Gasteiger partial charge in [-0.3, -0.25) is 4.99 Å². The van der Waals surface area contributed by atoms with Crippen molar-refractivity contribution in [1.29, 1.82) is 0 Å². The first-order chi connectivity index (χ1) is 13.4. The van der Waals surface area contributed by atoms with Gasteiger partial charge in [-0.1, -0.05) is 51.9 Å². The molecule has 2 atom stereocenters. The summed E-state index contributed by atoms with van der Waals surface area (Å²) in [4.78, 5) is 7.08. The standard InChI is InChI=1S/C21H21BrN4O2/c1-13-20(17-10-14(22)8-9-19(17)24-3)16-6-4-5-7-18(16)21(13,2)28-12-15(27)11-25-26-23/h4-10,15,27H,1,11-12H2,2-3H3/b20-17+,24-19-. The minimum absolute atomic E-state index is 0.0274. The summed E-state index contributed by atoms with van der Waals surface area (Å²) in [6.07, 6.45) is 5.06. The Hall–Kier alpha value is -2.44. The number of aliphatic hydroxyl groups is 1. The molecule has 2 unspecified atom stereocenters. The predicted octanol–water partition coefficient (Wildman–Crippen LogP) is 4.83. The van der Waals surface area contributed by atoms with Gasteiger partial charge in [0.2, 0.25) is 0 Å². The highest BCUT2D eigenvalue weighted by Gasteiger charge is 2.43. The molecule has 0 radical (unpaired) electrons. The van der Waals surface area contributed by atoms with E-state index in [0.29, 0.717) is 0 Å². The lowest BCUT2D eigenvalue weighted by Gasteiger charge is -2.29. The summed E-state index contributed by atoms with van der Waals surface area (Å²) in [5.41, 5.74) is 13.2. The molecule has 28 heavy (non-hydrogen) atoms. The van der Waals surface area contributed by atoms with E-state index in [2.05, 4.69) is 37.5 Å². The number of allylic oxidation sites excluding steroid dienone is 5. The first-order valence-electron chi connectivity index (χ1n) is 8.81. The molecule has 0 fully saturated rings. The molecule has 3 rings (SSSR count). The lowest BCUT2D eigenvalue weighted by atomic mass is 9.90. The Morgan fingerprint density at radius 2 is 2.11 bits per heavy atom. The molecule has 0 aromatic heterocycles. The van der Waals surface area contributed by atoms with E-state index in [1.165, 1.54) is 0 Å². The summed E-state index contributed by atoms with van der Waals surface area (Å²) in [5, 5.41) is 13.4. The number of aliphatic imine (C=N–C) groups is 1. The summed E-state index contributed by atoms with van der Waals surface area (Å²) >= 11 is 3.55. The van der Waals surface area contributed by atoms with E-state index in [4.69, 9.17) is 10.3 Å². The maximum absolute atomic E-state index is 10.0. The molecule has 2 aliphatic rings. The van der Waals surface area contributed by atoms with E-state index in [-0.39, 0.29) is 13.2 Å². The van der Waals surface area contributed by atoms with Crippen LogP contribution in [0, 0.1) is 0 Å². The van der Waals surface area contributed by atoms with E-state index < -0.39 is 11.7 Å². The lowest BCUT2D eigenvalue weighted by Crippen LogP contribution is -2.30. The van der Waals surface area contributed by atoms with Gasteiger partial charge >= 0.3 is 0 Å². The molecule has 144 valence electrons. The molecular weight excluding hydrogens is 420 g/mol. The molecule has 0 bridgehead atoms. The molecule has 0 saturated heterocycles. The molecule has 0 heterocycles. The second-order valence-electron chi connectivity index (χ2n) is 6.70. The zero-order valence-electron chi connectivity index (χ0n) is 15.8.